The van der Waals surface area contributed by atoms with Gasteiger partial charge in [-0.3, -0.25) is 0 Å². The highest BCUT2D eigenvalue weighted by Crippen LogP contribution is 2.38. The van der Waals surface area contributed by atoms with E-state index >= 15 is 0 Å². The first kappa shape index (κ1) is 17.8. The second kappa shape index (κ2) is 7.06. The van der Waals surface area contributed by atoms with E-state index in [0.29, 0.717) is 12.5 Å². The highest BCUT2D eigenvalue weighted by atomic mass is 19.1. The number of H-pyrrole nitrogens is 2. The molecule has 6 heteroatoms. The third-order valence-electron chi connectivity index (χ3n) is 6.42. The van der Waals surface area contributed by atoms with Crippen molar-refractivity contribution in [1.82, 2.24) is 15.3 Å². The van der Waals surface area contributed by atoms with Crippen molar-refractivity contribution in [3.8, 4) is 11.5 Å². The standard InChI is InChI=1S/C24H24FN3O2/c25-15-2-4-22-19(10-15)18-9-14(1-3-21(18)28-22)11-26-12-16-13-29-23-6-5-20-17(7-8-27-20)24(23)30-16/h2,4-8,10,14,16,26-28H,1,3,9,11-13H2/t14-,16-/m0/s1. The fraction of sp³-hybridized carbons (Fsp3) is 0.333. The van der Waals surface area contributed by atoms with Crippen molar-refractivity contribution >= 4 is 21.8 Å². The quantitative estimate of drug-likeness (QED) is 0.474. The van der Waals surface area contributed by atoms with Crippen molar-refractivity contribution in [2.24, 2.45) is 5.92 Å². The average Bonchev–Trinajstić information content (AvgIpc) is 3.38. The van der Waals surface area contributed by atoms with Gasteiger partial charge in [0.15, 0.2) is 11.5 Å². The largest absolute Gasteiger partial charge is 0.486 e. The van der Waals surface area contributed by atoms with Crippen molar-refractivity contribution in [3.63, 3.8) is 0 Å². The molecule has 0 fully saturated rings. The van der Waals surface area contributed by atoms with Gasteiger partial charge >= 0.3 is 0 Å². The van der Waals surface area contributed by atoms with Crippen LogP contribution in [0.4, 0.5) is 4.39 Å². The second-order valence-corrected chi connectivity index (χ2v) is 8.42. The van der Waals surface area contributed by atoms with E-state index in [0.717, 1.165) is 65.7 Å². The molecule has 0 saturated carbocycles. The number of hydrogen-bond donors (Lipinski definition) is 3. The van der Waals surface area contributed by atoms with Gasteiger partial charge in [0.05, 0.1) is 0 Å². The molecule has 0 spiro atoms. The number of hydrogen-bond acceptors (Lipinski definition) is 3. The smallest absolute Gasteiger partial charge is 0.171 e. The number of nitrogens with one attached hydrogen (secondary N) is 3. The summed E-state index contributed by atoms with van der Waals surface area (Å²) in [5.74, 6) is 2.00. The minimum atomic E-state index is -0.171. The van der Waals surface area contributed by atoms with Crippen LogP contribution in [0.2, 0.25) is 0 Å². The summed E-state index contributed by atoms with van der Waals surface area (Å²) >= 11 is 0. The Kier molecular flexibility index (Phi) is 4.20. The van der Waals surface area contributed by atoms with Crippen molar-refractivity contribution in [3.05, 3.63) is 59.7 Å². The molecule has 2 aromatic heterocycles. The van der Waals surface area contributed by atoms with E-state index in [1.807, 2.05) is 30.5 Å². The predicted octanol–water partition coefficient (Wildman–Crippen LogP) is 4.32. The summed E-state index contributed by atoms with van der Waals surface area (Å²) < 4.78 is 25.9. The number of aromatic nitrogens is 2. The Morgan fingerprint density at radius 2 is 2.00 bits per heavy atom. The van der Waals surface area contributed by atoms with Crippen LogP contribution in [0, 0.1) is 11.7 Å². The molecule has 0 saturated heterocycles. The van der Waals surface area contributed by atoms with Gasteiger partial charge in [0.1, 0.15) is 18.5 Å². The van der Waals surface area contributed by atoms with Gasteiger partial charge in [-0.2, -0.15) is 0 Å². The van der Waals surface area contributed by atoms with Crippen LogP contribution in [0.25, 0.3) is 21.8 Å². The van der Waals surface area contributed by atoms with E-state index in [2.05, 4.69) is 15.3 Å². The molecule has 3 N–H and O–H groups in total. The van der Waals surface area contributed by atoms with Crippen molar-refractivity contribution in [2.45, 2.75) is 25.4 Å². The highest BCUT2D eigenvalue weighted by molar-refractivity contribution is 5.88. The Hall–Kier alpha value is -2.99. The number of fused-ring (bicyclic) bond motifs is 6. The van der Waals surface area contributed by atoms with Crippen LogP contribution >= 0.6 is 0 Å². The number of ether oxygens (including phenoxy) is 2. The maximum atomic E-state index is 13.7. The van der Waals surface area contributed by atoms with E-state index in [1.165, 1.54) is 17.3 Å². The van der Waals surface area contributed by atoms with E-state index in [1.54, 1.807) is 6.07 Å². The Morgan fingerprint density at radius 3 is 2.97 bits per heavy atom. The Labute approximate surface area is 173 Å². The van der Waals surface area contributed by atoms with Crippen molar-refractivity contribution < 1.29 is 13.9 Å². The van der Waals surface area contributed by atoms with Crippen LogP contribution in [-0.2, 0) is 12.8 Å². The van der Waals surface area contributed by atoms with Gasteiger partial charge in [0.25, 0.3) is 0 Å². The zero-order valence-corrected chi connectivity index (χ0v) is 16.6. The SMILES string of the molecule is Fc1ccc2[nH]c3c(c2c1)C[C@@H](CNC[C@H]1COc2ccc4[nH]ccc4c2O1)CC3. The van der Waals surface area contributed by atoms with Gasteiger partial charge in [-0.25, -0.2) is 4.39 Å². The molecule has 154 valence electrons. The first-order valence-corrected chi connectivity index (χ1v) is 10.6. The average molecular weight is 405 g/mol. The number of aromatic amines is 2. The Bertz CT molecular complexity index is 1230. The van der Waals surface area contributed by atoms with Crippen LogP contribution in [0.15, 0.2) is 42.6 Å². The third-order valence-corrected chi connectivity index (χ3v) is 6.42. The molecule has 0 radical (unpaired) electrons. The van der Waals surface area contributed by atoms with Crippen LogP contribution in [0.5, 0.6) is 11.5 Å². The van der Waals surface area contributed by atoms with E-state index in [-0.39, 0.29) is 11.9 Å². The van der Waals surface area contributed by atoms with Gasteiger partial charge in [0.2, 0.25) is 0 Å². The van der Waals surface area contributed by atoms with Crippen molar-refractivity contribution in [2.75, 3.05) is 19.7 Å². The molecular weight excluding hydrogens is 381 g/mol. The molecule has 0 bridgehead atoms. The molecule has 2 aromatic carbocycles. The highest BCUT2D eigenvalue weighted by Gasteiger charge is 2.25. The van der Waals surface area contributed by atoms with Gasteiger partial charge < -0.3 is 24.8 Å². The first-order chi connectivity index (χ1) is 14.7. The molecule has 1 aliphatic heterocycles. The first-order valence-electron chi connectivity index (χ1n) is 10.6. The lowest BCUT2D eigenvalue weighted by molar-refractivity contribution is 0.0915. The van der Waals surface area contributed by atoms with Gasteiger partial charge in [-0.15, -0.1) is 0 Å². The summed E-state index contributed by atoms with van der Waals surface area (Å²) in [6, 6.07) is 11.0. The number of benzene rings is 2. The van der Waals surface area contributed by atoms with Crippen LogP contribution in [0.1, 0.15) is 17.7 Å². The molecule has 3 heterocycles. The Morgan fingerprint density at radius 1 is 1.07 bits per heavy atom. The normalized spacial score (nSPS) is 20.6. The zero-order chi connectivity index (χ0) is 20.1. The van der Waals surface area contributed by atoms with Crippen LogP contribution < -0.4 is 14.8 Å². The summed E-state index contributed by atoms with van der Waals surface area (Å²) in [6.45, 7) is 2.21. The molecular formula is C24H24FN3O2. The monoisotopic (exact) mass is 405 g/mol. The third kappa shape index (κ3) is 3.03. The van der Waals surface area contributed by atoms with E-state index in [9.17, 15) is 4.39 Å². The molecule has 4 aromatic rings. The fourth-order valence-electron chi connectivity index (χ4n) is 4.89. The lowest BCUT2D eigenvalue weighted by atomic mass is 9.86. The number of rotatable bonds is 4. The maximum absolute atomic E-state index is 13.7. The molecule has 1 aliphatic carbocycles. The molecule has 5 nitrogen and oxygen atoms in total. The van der Waals surface area contributed by atoms with Crippen LogP contribution in [0.3, 0.4) is 0 Å². The number of aryl methyl sites for hydroxylation is 1. The summed E-state index contributed by atoms with van der Waals surface area (Å²) in [6.07, 6.45) is 5.02. The van der Waals surface area contributed by atoms with Gasteiger partial charge in [0, 0.05) is 40.2 Å². The summed E-state index contributed by atoms with van der Waals surface area (Å²) in [5, 5.41) is 5.67. The summed E-state index contributed by atoms with van der Waals surface area (Å²) in [5.41, 5.74) is 4.64. The lowest BCUT2D eigenvalue weighted by Crippen LogP contribution is -2.40. The predicted molar refractivity (Wildman–Crippen MR) is 115 cm³/mol. The van der Waals surface area contributed by atoms with Crippen LogP contribution in [-0.4, -0.2) is 35.8 Å². The molecule has 30 heavy (non-hydrogen) atoms. The van der Waals surface area contributed by atoms with Gasteiger partial charge in [-0.05, 0) is 73.7 Å². The van der Waals surface area contributed by atoms with E-state index in [4.69, 9.17) is 9.47 Å². The minimum absolute atomic E-state index is 0.0145. The second-order valence-electron chi connectivity index (χ2n) is 8.42. The molecule has 2 aliphatic rings. The fourth-order valence-corrected chi connectivity index (χ4v) is 4.89. The lowest BCUT2D eigenvalue weighted by Gasteiger charge is -2.28. The summed E-state index contributed by atoms with van der Waals surface area (Å²) in [7, 11) is 0. The maximum Gasteiger partial charge on any atom is 0.171 e. The molecule has 2 atom stereocenters. The topological polar surface area (TPSA) is 62.1 Å². The van der Waals surface area contributed by atoms with Gasteiger partial charge in [-0.1, -0.05) is 0 Å². The molecule has 6 rings (SSSR count). The minimum Gasteiger partial charge on any atom is -0.486 e. The Balaban J connectivity index is 1.10. The molecule has 0 amide bonds. The zero-order valence-electron chi connectivity index (χ0n) is 16.6. The van der Waals surface area contributed by atoms with Crippen molar-refractivity contribution in [1.29, 1.82) is 0 Å². The molecule has 0 unspecified atom stereocenters. The van der Waals surface area contributed by atoms with E-state index < -0.39 is 0 Å². The summed E-state index contributed by atoms with van der Waals surface area (Å²) in [4.78, 5) is 6.68. The number of halogens is 1.